The first-order valence-electron chi connectivity index (χ1n) is 9.61. The Hall–Kier alpha value is -1.09. The number of fused-ring (bicyclic) bond motifs is 1. The second-order valence-electron chi connectivity index (χ2n) is 7.73. The molecule has 0 aliphatic heterocycles. The summed E-state index contributed by atoms with van der Waals surface area (Å²) in [5, 5.41) is 10.1. The van der Waals surface area contributed by atoms with Crippen LogP contribution in [0.3, 0.4) is 0 Å². The van der Waals surface area contributed by atoms with Gasteiger partial charge in [0.1, 0.15) is 0 Å². The van der Waals surface area contributed by atoms with E-state index in [1.54, 1.807) is 0 Å². The molecule has 2 aliphatic rings. The lowest BCUT2D eigenvalue weighted by molar-refractivity contribution is 0.167. The van der Waals surface area contributed by atoms with Crippen LogP contribution in [0, 0.1) is 11.8 Å². The maximum Gasteiger partial charge on any atom is 0.0708 e. The van der Waals surface area contributed by atoms with Gasteiger partial charge in [0.25, 0.3) is 0 Å². The second-order valence-corrected chi connectivity index (χ2v) is 8.17. The van der Waals surface area contributed by atoms with Crippen LogP contribution in [0.25, 0.3) is 11.3 Å². The standard InChI is InChI=1S/C22H26ClNO.ClH/c23-19-4-1-3-17(12-19)22-13-18(20-5-2-6-21(20)24-22)11-15-7-9-16(14-25)10-8-15;/h1,3-4,12-13,15-16,25H,2,5-11,14H2;1H. The third-order valence-electron chi connectivity index (χ3n) is 6.00. The summed E-state index contributed by atoms with van der Waals surface area (Å²) in [6.07, 6.45) is 9.52. The van der Waals surface area contributed by atoms with Gasteiger partial charge in [0.05, 0.1) is 5.69 Å². The number of aliphatic hydroxyl groups excluding tert-OH is 1. The van der Waals surface area contributed by atoms with E-state index >= 15 is 0 Å². The van der Waals surface area contributed by atoms with Crippen molar-refractivity contribution in [3.8, 4) is 11.3 Å². The molecule has 2 aromatic rings. The Morgan fingerprint density at radius 1 is 1.04 bits per heavy atom. The van der Waals surface area contributed by atoms with Gasteiger partial charge in [-0.25, -0.2) is 0 Å². The molecule has 26 heavy (non-hydrogen) atoms. The van der Waals surface area contributed by atoms with E-state index in [0.29, 0.717) is 12.5 Å². The number of pyridine rings is 1. The van der Waals surface area contributed by atoms with E-state index in [-0.39, 0.29) is 12.4 Å². The fourth-order valence-corrected chi connectivity index (χ4v) is 4.72. The number of nitrogens with zero attached hydrogens (tertiary/aromatic N) is 1. The summed E-state index contributed by atoms with van der Waals surface area (Å²) in [5.74, 6) is 1.28. The maximum atomic E-state index is 9.36. The van der Waals surface area contributed by atoms with Gasteiger partial charge in [-0.1, -0.05) is 23.7 Å². The van der Waals surface area contributed by atoms with Crippen LogP contribution in [0.15, 0.2) is 30.3 Å². The monoisotopic (exact) mass is 391 g/mol. The van der Waals surface area contributed by atoms with Gasteiger partial charge in [0, 0.05) is 22.9 Å². The molecule has 0 saturated heterocycles. The zero-order valence-corrected chi connectivity index (χ0v) is 16.7. The molecule has 1 heterocycles. The number of halogens is 2. The normalized spacial score (nSPS) is 21.9. The Labute approximate surface area is 167 Å². The second kappa shape index (κ2) is 8.73. The van der Waals surface area contributed by atoms with E-state index in [2.05, 4.69) is 12.1 Å². The van der Waals surface area contributed by atoms with Crippen molar-refractivity contribution in [2.75, 3.05) is 6.61 Å². The molecular weight excluding hydrogens is 365 g/mol. The van der Waals surface area contributed by atoms with E-state index in [4.69, 9.17) is 16.6 Å². The Kier molecular flexibility index (Phi) is 6.60. The van der Waals surface area contributed by atoms with Crippen LogP contribution in [-0.2, 0) is 19.3 Å². The zero-order valence-electron chi connectivity index (χ0n) is 15.1. The molecule has 0 spiro atoms. The highest BCUT2D eigenvalue weighted by atomic mass is 35.5. The molecule has 0 amide bonds. The van der Waals surface area contributed by atoms with Crippen LogP contribution >= 0.6 is 24.0 Å². The van der Waals surface area contributed by atoms with Crippen molar-refractivity contribution in [3.05, 3.63) is 52.2 Å². The van der Waals surface area contributed by atoms with Crippen molar-refractivity contribution in [1.82, 2.24) is 4.98 Å². The Morgan fingerprint density at radius 2 is 1.81 bits per heavy atom. The Bertz CT molecular complexity index is 754. The number of benzene rings is 1. The van der Waals surface area contributed by atoms with Gasteiger partial charge in [-0.3, -0.25) is 4.98 Å². The Balaban J connectivity index is 0.00000196. The first kappa shape index (κ1) is 19.7. The molecule has 1 saturated carbocycles. The van der Waals surface area contributed by atoms with Crippen LogP contribution in [0.5, 0.6) is 0 Å². The molecule has 2 nitrogen and oxygen atoms in total. The lowest BCUT2D eigenvalue weighted by Gasteiger charge is -2.28. The maximum absolute atomic E-state index is 9.36. The van der Waals surface area contributed by atoms with Gasteiger partial charge in [-0.2, -0.15) is 0 Å². The van der Waals surface area contributed by atoms with Crippen LogP contribution in [0.2, 0.25) is 5.02 Å². The molecule has 1 aromatic carbocycles. The molecule has 1 fully saturated rings. The third-order valence-corrected chi connectivity index (χ3v) is 6.23. The Morgan fingerprint density at radius 3 is 2.54 bits per heavy atom. The number of aliphatic hydroxyl groups is 1. The molecule has 0 atom stereocenters. The number of rotatable bonds is 4. The highest BCUT2D eigenvalue weighted by molar-refractivity contribution is 6.30. The molecule has 140 valence electrons. The summed E-state index contributed by atoms with van der Waals surface area (Å²) in [6, 6.07) is 10.3. The van der Waals surface area contributed by atoms with Crippen molar-refractivity contribution >= 4 is 24.0 Å². The molecular formula is C22H27Cl2NO. The minimum atomic E-state index is 0. The summed E-state index contributed by atoms with van der Waals surface area (Å²) in [7, 11) is 0. The molecule has 0 unspecified atom stereocenters. The largest absolute Gasteiger partial charge is 0.396 e. The highest BCUT2D eigenvalue weighted by Gasteiger charge is 2.24. The SMILES string of the molecule is Cl.OCC1CCC(Cc2cc(-c3cccc(Cl)c3)nc3c2CCC3)CC1. The van der Waals surface area contributed by atoms with E-state index in [1.807, 2.05) is 18.2 Å². The minimum absolute atomic E-state index is 0. The summed E-state index contributed by atoms with van der Waals surface area (Å²) < 4.78 is 0. The summed E-state index contributed by atoms with van der Waals surface area (Å²) >= 11 is 6.19. The molecule has 0 bridgehead atoms. The minimum Gasteiger partial charge on any atom is -0.396 e. The molecule has 1 N–H and O–H groups in total. The van der Waals surface area contributed by atoms with Crippen molar-refractivity contribution in [3.63, 3.8) is 0 Å². The number of aromatic nitrogens is 1. The first-order chi connectivity index (χ1) is 12.2. The molecule has 0 radical (unpaired) electrons. The van der Waals surface area contributed by atoms with Gasteiger partial charge in [-0.05, 0) is 92.5 Å². The van der Waals surface area contributed by atoms with Crippen LogP contribution in [-0.4, -0.2) is 16.7 Å². The first-order valence-corrected chi connectivity index (χ1v) is 9.99. The van der Waals surface area contributed by atoms with Crippen molar-refractivity contribution < 1.29 is 5.11 Å². The van der Waals surface area contributed by atoms with Crippen molar-refractivity contribution in [2.24, 2.45) is 11.8 Å². The number of hydrogen-bond donors (Lipinski definition) is 1. The van der Waals surface area contributed by atoms with Gasteiger partial charge in [-0.15, -0.1) is 12.4 Å². The van der Waals surface area contributed by atoms with Gasteiger partial charge in [0.2, 0.25) is 0 Å². The fraction of sp³-hybridized carbons (Fsp3) is 0.500. The lowest BCUT2D eigenvalue weighted by Crippen LogP contribution is -2.19. The third kappa shape index (κ3) is 4.24. The lowest BCUT2D eigenvalue weighted by atomic mass is 9.79. The van der Waals surface area contributed by atoms with Crippen molar-refractivity contribution in [2.45, 2.75) is 51.4 Å². The number of aryl methyl sites for hydroxylation is 1. The van der Waals surface area contributed by atoms with Gasteiger partial charge < -0.3 is 5.11 Å². The van der Waals surface area contributed by atoms with Crippen LogP contribution < -0.4 is 0 Å². The summed E-state index contributed by atoms with van der Waals surface area (Å²) in [5.41, 5.74) is 6.51. The highest BCUT2D eigenvalue weighted by Crippen LogP contribution is 2.35. The molecule has 4 heteroatoms. The molecule has 1 aromatic heterocycles. The van der Waals surface area contributed by atoms with E-state index < -0.39 is 0 Å². The fourth-order valence-electron chi connectivity index (χ4n) is 4.53. The topological polar surface area (TPSA) is 33.1 Å². The summed E-state index contributed by atoms with van der Waals surface area (Å²) in [6.45, 7) is 0.357. The van der Waals surface area contributed by atoms with Crippen LogP contribution in [0.1, 0.15) is 48.9 Å². The predicted octanol–water partition coefficient (Wildman–Crippen LogP) is 5.65. The van der Waals surface area contributed by atoms with E-state index in [0.717, 1.165) is 35.0 Å². The average molecular weight is 392 g/mol. The quantitative estimate of drug-likeness (QED) is 0.729. The average Bonchev–Trinajstić information content (AvgIpc) is 3.11. The molecule has 2 aliphatic carbocycles. The zero-order chi connectivity index (χ0) is 17.2. The van der Waals surface area contributed by atoms with E-state index in [1.165, 1.54) is 55.3 Å². The van der Waals surface area contributed by atoms with Gasteiger partial charge in [0.15, 0.2) is 0 Å². The molecule has 4 rings (SSSR count). The van der Waals surface area contributed by atoms with Gasteiger partial charge >= 0.3 is 0 Å². The van der Waals surface area contributed by atoms with Crippen LogP contribution in [0.4, 0.5) is 0 Å². The smallest absolute Gasteiger partial charge is 0.0708 e. The van der Waals surface area contributed by atoms with E-state index in [9.17, 15) is 5.11 Å². The predicted molar refractivity (Wildman–Crippen MR) is 110 cm³/mol. The summed E-state index contributed by atoms with van der Waals surface area (Å²) in [4.78, 5) is 4.95. The van der Waals surface area contributed by atoms with Crippen molar-refractivity contribution in [1.29, 1.82) is 0 Å². The number of hydrogen-bond acceptors (Lipinski definition) is 2.